The molecule has 1 aliphatic carbocycles. The van der Waals surface area contributed by atoms with Crippen molar-refractivity contribution in [3.05, 3.63) is 82.9 Å². The fourth-order valence-corrected chi connectivity index (χ4v) is 4.65. The maximum atomic E-state index is 13.4. The van der Waals surface area contributed by atoms with Crippen LogP contribution in [-0.4, -0.2) is 37.0 Å². The minimum atomic E-state index is -0.417. The van der Waals surface area contributed by atoms with Gasteiger partial charge in [0.2, 0.25) is 6.79 Å². The van der Waals surface area contributed by atoms with Gasteiger partial charge in [0.05, 0.1) is 5.41 Å². The first-order chi connectivity index (χ1) is 16.4. The van der Waals surface area contributed by atoms with Crippen molar-refractivity contribution in [2.24, 2.45) is 0 Å². The lowest BCUT2D eigenvalue weighted by molar-refractivity contribution is -0.120. The van der Waals surface area contributed by atoms with Crippen molar-refractivity contribution in [2.75, 3.05) is 20.4 Å². The van der Waals surface area contributed by atoms with Gasteiger partial charge in [0.25, 0.3) is 5.91 Å². The maximum Gasteiger partial charge on any atom is 0.253 e. The molecule has 0 saturated heterocycles. The molecular weight excluding hydrogens is 426 g/mol. The zero-order valence-corrected chi connectivity index (χ0v) is 19.9. The number of benzene rings is 3. The fraction of sp³-hybridized carbons (Fsp3) is 0.310. The lowest BCUT2D eigenvalue weighted by Crippen LogP contribution is -2.26. The van der Waals surface area contributed by atoms with E-state index >= 15 is 0 Å². The second-order valence-corrected chi connectivity index (χ2v) is 9.30. The number of Topliss-reactive ketones (excluding diaryl/α,β-unsaturated/α-hetero) is 1. The molecule has 0 bridgehead atoms. The van der Waals surface area contributed by atoms with Crippen molar-refractivity contribution in [1.82, 2.24) is 4.90 Å². The standard InChI is InChI=1S/C29H29NO4/c1-4-30(3)28(32)22-9-7-21(8-10-22)24-15-20(6-5-19(24)2)16-27(31)29(13-14-29)23-11-12-25-26(17-23)34-18-33-25/h5-12,15,17H,4,13-14,16,18H2,1-3H3. The van der Waals surface area contributed by atoms with E-state index in [0.717, 1.165) is 52.2 Å². The summed E-state index contributed by atoms with van der Waals surface area (Å²) in [5.41, 5.74) is 5.55. The van der Waals surface area contributed by atoms with Gasteiger partial charge < -0.3 is 14.4 Å². The summed E-state index contributed by atoms with van der Waals surface area (Å²) >= 11 is 0. The van der Waals surface area contributed by atoms with Gasteiger partial charge in [-0.15, -0.1) is 0 Å². The lowest BCUT2D eigenvalue weighted by atomic mass is 9.87. The molecule has 1 fully saturated rings. The summed E-state index contributed by atoms with van der Waals surface area (Å²) < 4.78 is 10.9. The van der Waals surface area contributed by atoms with Crippen LogP contribution in [-0.2, 0) is 16.6 Å². The van der Waals surface area contributed by atoms with E-state index in [0.29, 0.717) is 18.5 Å². The molecule has 1 heterocycles. The second-order valence-electron chi connectivity index (χ2n) is 9.30. The Bertz CT molecular complexity index is 1260. The zero-order chi connectivity index (χ0) is 23.9. The number of fused-ring (bicyclic) bond motifs is 1. The average Bonchev–Trinajstić information content (AvgIpc) is 3.55. The van der Waals surface area contributed by atoms with Crippen LogP contribution in [0.25, 0.3) is 11.1 Å². The third kappa shape index (κ3) is 3.96. The average molecular weight is 456 g/mol. The number of ketones is 1. The van der Waals surface area contributed by atoms with Gasteiger partial charge in [-0.1, -0.05) is 36.4 Å². The van der Waals surface area contributed by atoms with Gasteiger partial charge in [-0.3, -0.25) is 9.59 Å². The van der Waals surface area contributed by atoms with Crippen LogP contribution in [0.15, 0.2) is 60.7 Å². The minimum Gasteiger partial charge on any atom is -0.454 e. The molecule has 1 amide bonds. The number of nitrogens with zero attached hydrogens (tertiary/aromatic N) is 1. The Morgan fingerprint density at radius 3 is 2.38 bits per heavy atom. The van der Waals surface area contributed by atoms with Crippen LogP contribution < -0.4 is 9.47 Å². The molecule has 5 heteroatoms. The SMILES string of the molecule is CCN(C)C(=O)c1ccc(-c2cc(CC(=O)C3(c4ccc5c(c4)OCO5)CC3)ccc2C)cc1. The molecule has 2 aliphatic rings. The largest absolute Gasteiger partial charge is 0.454 e. The molecule has 5 nitrogen and oxygen atoms in total. The normalized spacial score (nSPS) is 15.1. The van der Waals surface area contributed by atoms with E-state index in [1.165, 1.54) is 0 Å². The van der Waals surface area contributed by atoms with E-state index in [1.807, 2.05) is 55.5 Å². The van der Waals surface area contributed by atoms with Crippen LogP contribution in [0, 0.1) is 6.92 Å². The number of rotatable bonds is 7. The summed E-state index contributed by atoms with van der Waals surface area (Å²) in [7, 11) is 1.80. The number of hydrogen-bond acceptors (Lipinski definition) is 4. The van der Waals surface area contributed by atoms with Crippen LogP contribution in [0.2, 0.25) is 0 Å². The molecule has 0 unspecified atom stereocenters. The Labute approximate surface area is 200 Å². The van der Waals surface area contributed by atoms with Crippen LogP contribution in [0.1, 0.15) is 46.8 Å². The molecule has 1 saturated carbocycles. The number of ether oxygens (including phenoxy) is 2. The highest BCUT2D eigenvalue weighted by Gasteiger charge is 2.50. The predicted molar refractivity (Wildman–Crippen MR) is 131 cm³/mol. The van der Waals surface area contributed by atoms with Gasteiger partial charge in [0.1, 0.15) is 5.78 Å². The van der Waals surface area contributed by atoms with Crippen molar-refractivity contribution in [1.29, 1.82) is 0 Å². The molecule has 174 valence electrons. The summed E-state index contributed by atoms with van der Waals surface area (Å²) in [6, 6.07) is 19.8. The number of hydrogen-bond donors (Lipinski definition) is 0. The Morgan fingerprint density at radius 2 is 1.68 bits per heavy atom. The molecule has 0 spiro atoms. The smallest absolute Gasteiger partial charge is 0.253 e. The molecule has 3 aromatic rings. The highest BCUT2D eigenvalue weighted by Crippen LogP contribution is 2.51. The molecule has 0 radical (unpaired) electrons. The first kappa shape index (κ1) is 22.2. The fourth-order valence-electron chi connectivity index (χ4n) is 4.65. The number of aryl methyl sites for hydroxylation is 1. The van der Waals surface area contributed by atoms with Crippen LogP contribution in [0.4, 0.5) is 0 Å². The predicted octanol–water partition coefficient (Wildman–Crippen LogP) is 5.33. The van der Waals surface area contributed by atoms with Crippen molar-refractivity contribution < 1.29 is 19.1 Å². The van der Waals surface area contributed by atoms with Gasteiger partial charge >= 0.3 is 0 Å². The van der Waals surface area contributed by atoms with E-state index < -0.39 is 5.41 Å². The van der Waals surface area contributed by atoms with Gasteiger partial charge in [-0.25, -0.2) is 0 Å². The van der Waals surface area contributed by atoms with Crippen LogP contribution >= 0.6 is 0 Å². The molecule has 0 N–H and O–H groups in total. The quantitative estimate of drug-likeness (QED) is 0.483. The van der Waals surface area contributed by atoms with Crippen molar-refractivity contribution in [2.45, 2.75) is 38.5 Å². The van der Waals surface area contributed by atoms with Crippen LogP contribution in [0.5, 0.6) is 11.5 Å². The van der Waals surface area contributed by atoms with E-state index in [1.54, 1.807) is 11.9 Å². The Morgan fingerprint density at radius 1 is 0.941 bits per heavy atom. The number of amides is 1. The number of carbonyl (C=O) groups is 2. The highest BCUT2D eigenvalue weighted by molar-refractivity contribution is 5.95. The summed E-state index contributed by atoms with van der Waals surface area (Å²) in [4.78, 5) is 27.5. The van der Waals surface area contributed by atoms with Gasteiger partial charge in [0, 0.05) is 25.6 Å². The van der Waals surface area contributed by atoms with Gasteiger partial charge in [-0.05, 0) is 78.8 Å². The zero-order valence-electron chi connectivity index (χ0n) is 19.9. The molecule has 1 aliphatic heterocycles. The van der Waals surface area contributed by atoms with Crippen molar-refractivity contribution in [3.63, 3.8) is 0 Å². The highest BCUT2D eigenvalue weighted by atomic mass is 16.7. The van der Waals surface area contributed by atoms with E-state index in [2.05, 4.69) is 19.1 Å². The van der Waals surface area contributed by atoms with E-state index in [-0.39, 0.29) is 18.5 Å². The second kappa shape index (κ2) is 8.64. The molecule has 0 atom stereocenters. The lowest BCUT2D eigenvalue weighted by Gasteiger charge is -2.17. The first-order valence-electron chi connectivity index (χ1n) is 11.8. The Kier molecular flexibility index (Phi) is 5.64. The molecule has 0 aromatic heterocycles. The van der Waals surface area contributed by atoms with Gasteiger partial charge in [-0.2, -0.15) is 0 Å². The Hall–Kier alpha value is -3.60. The monoisotopic (exact) mass is 455 g/mol. The van der Waals surface area contributed by atoms with Gasteiger partial charge in [0.15, 0.2) is 11.5 Å². The summed E-state index contributed by atoms with van der Waals surface area (Å²) in [5.74, 6) is 1.72. The third-order valence-corrected chi connectivity index (χ3v) is 7.14. The van der Waals surface area contributed by atoms with E-state index in [4.69, 9.17) is 9.47 Å². The third-order valence-electron chi connectivity index (χ3n) is 7.14. The van der Waals surface area contributed by atoms with Crippen LogP contribution in [0.3, 0.4) is 0 Å². The van der Waals surface area contributed by atoms with Crippen molar-refractivity contribution >= 4 is 11.7 Å². The molecular formula is C29H29NO4. The number of carbonyl (C=O) groups excluding carboxylic acids is 2. The Balaban J connectivity index is 1.36. The molecule has 5 rings (SSSR count). The van der Waals surface area contributed by atoms with Crippen molar-refractivity contribution in [3.8, 4) is 22.6 Å². The first-order valence-corrected chi connectivity index (χ1v) is 11.8. The summed E-state index contributed by atoms with van der Waals surface area (Å²) in [5, 5.41) is 0. The molecule has 34 heavy (non-hydrogen) atoms. The summed E-state index contributed by atoms with van der Waals surface area (Å²) in [6.45, 7) is 4.93. The van der Waals surface area contributed by atoms with E-state index in [9.17, 15) is 9.59 Å². The maximum absolute atomic E-state index is 13.4. The topological polar surface area (TPSA) is 55.8 Å². The summed E-state index contributed by atoms with van der Waals surface area (Å²) in [6.07, 6.45) is 2.12. The molecule has 3 aromatic carbocycles. The minimum absolute atomic E-state index is 0.0170.